The van der Waals surface area contributed by atoms with E-state index in [-0.39, 0.29) is 11.7 Å². The lowest BCUT2D eigenvalue weighted by molar-refractivity contribution is 0.174. The number of fused-ring (bicyclic) bond motifs is 1. The number of primary sulfonamides is 1. The van der Waals surface area contributed by atoms with Crippen LogP contribution in [0.5, 0.6) is 11.5 Å². The molecular weight excluding hydrogens is 362 g/mol. The van der Waals surface area contributed by atoms with Gasteiger partial charge in [-0.05, 0) is 59.9 Å². The zero-order valence-electron chi connectivity index (χ0n) is 15.0. The van der Waals surface area contributed by atoms with Crippen LogP contribution in [0.4, 0.5) is 0 Å². The molecule has 5 nitrogen and oxygen atoms in total. The summed E-state index contributed by atoms with van der Waals surface area (Å²) < 4.78 is 35.3. The molecule has 1 heterocycles. The van der Waals surface area contributed by atoms with E-state index < -0.39 is 10.0 Å². The average Bonchev–Trinajstić information content (AvgIpc) is 3.10. The molecule has 0 amide bonds. The summed E-state index contributed by atoms with van der Waals surface area (Å²) in [6.07, 6.45) is 0. The Bertz CT molecular complexity index is 1150. The van der Waals surface area contributed by atoms with Gasteiger partial charge in [-0.25, -0.2) is 13.6 Å². The highest BCUT2D eigenvalue weighted by Crippen LogP contribution is 2.44. The van der Waals surface area contributed by atoms with Crippen LogP contribution in [0, 0.1) is 13.8 Å². The fourth-order valence-corrected chi connectivity index (χ4v) is 4.00. The molecule has 0 unspecified atom stereocenters. The molecule has 1 aliphatic heterocycles. The van der Waals surface area contributed by atoms with Gasteiger partial charge in [-0.1, -0.05) is 36.4 Å². The largest absolute Gasteiger partial charge is 0.454 e. The van der Waals surface area contributed by atoms with Crippen molar-refractivity contribution >= 4 is 10.0 Å². The van der Waals surface area contributed by atoms with Crippen molar-refractivity contribution in [1.82, 2.24) is 0 Å². The molecule has 0 fully saturated rings. The smallest absolute Gasteiger partial charge is 0.238 e. The quantitative estimate of drug-likeness (QED) is 0.743. The molecule has 0 aromatic heterocycles. The molecular formula is C21H19NO4S. The molecule has 0 saturated carbocycles. The third kappa shape index (κ3) is 3.18. The summed E-state index contributed by atoms with van der Waals surface area (Å²) in [5, 5.41) is 5.46. The van der Waals surface area contributed by atoms with E-state index in [1.165, 1.54) is 11.6 Å². The molecule has 27 heavy (non-hydrogen) atoms. The SMILES string of the molecule is Cc1ccc(-c2cc3c(cc2-c2ccccc2S(N)(=O)=O)OCO3)cc1C. The average molecular weight is 381 g/mol. The Kier molecular flexibility index (Phi) is 4.17. The van der Waals surface area contributed by atoms with Gasteiger partial charge >= 0.3 is 0 Å². The second kappa shape index (κ2) is 6.40. The zero-order chi connectivity index (χ0) is 19.2. The van der Waals surface area contributed by atoms with Crippen LogP contribution in [-0.2, 0) is 10.0 Å². The number of ether oxygens (including phenoxy) is 2. The van der Waals surface area contributed by atoms with Gasteiger partial charge < -0.3 is 9.47 Å². The lowest BCUT2D eigenvalue weighted by Gasteiger charge is -2.15. The summed E-state index contributed by atoms with van der Waals surface area (Å²) in [6, 6.07) is 16.6. The number of hydrogen-bond acceptors (Lipinski definition) is 4. The second-order valence-corrected chi connectivity index (χ2v) is 8.12. The highest BCUT2D eigenvalue weighted by atomic mass is 32.2. The van der Waals surface area contributed by atoms with Crippen molar-refractivity contribution in [3.8, 4) is 33.8 Å². The van der Waals surface area contributed by atoms with Crippen molar-refractivity contribution in [1.29, 1.82) is 0 Å². The Morgan fingerprint density at radius 1 is 0.815 bits per heavy atom. The third-order valence-electron chi connectivity index (χ3n) is 4.81. The first-order valence-electron chi connectivity index (χ1n) is 8.48. The summed E-state index contributed by atoms with van der Waals surface area (Å²) in [7, 11) is -3.88. The first kappa shape index (κ1) is 17.6. The van der Waals surface area contributed by atoms with Crippen molar-refractivity contribution < 1.29 is 17.9 Å². The zero-order valence-corrected chi connectivity index (χ0v) is 15.8. The number of nitrogens with two attached hydrogens (primary N) is 1. The van der Waals surface area contributed by atoms with E-state index in [9.17, 15) is 8.42 Å². The van der Waals surface area contributed by atoms with Crippen LogP contribution in [0.15, 0.2) is 59.5 Å². The van der Waals surface area contributed by atoms with Crippen LogP contribution in [-0.4, -0.2) is 15.2 Å². The molecule has 1 aliphatic rings. The van der Waals surface area contributed by atoms with Gasteiger partial charge in [-0.15, -0.1) is 0 Å². The lowest BCUT2D eigenvalue weighted by atomic mass is 9.92. The van der Waals surface area contributed by atoms with E-state index in [0.717, 1.165) is 22.3 Å². The van der Waals surface area contributed by atoms with Crippen LogP contribution < -0.4 is 14.6 Å². The first-order valence-corrected chi connectivity index (χ1v) is 10.0. The minimum atomic E-state index is -3.88. The molecule has 0 spiro atoms. The molecule has 0 bridgehead atoms. The Morgan fingerprint density at radius 2 is 1.48 bits per heavy atom. The van der Waals surface area contributed by atoms with Crippen molar-refractivity contribution in [3.05, 3.63) is 65.7 Å². The van der Waals surface area contributed by atoms with Gasteiger partial charge in [0.05, 0.1) is 4.90 Å². The first-order chi connectivity index (χ1) is 12.8. The van der Waals surface area contributed by atoms with Crippen molar-refractivity contribution in [3.63, 3.8) is 0 Å². The summed E-state index contributed by atoms with van der Waals surface area (Å²) in [5.74, 6) is 1.22. The minimum absolute atomic E-state index is 0.0777. The van der Waals surface area contributed by atoms with Crippen molar-refractivity contribution in [2.45, 2.75) is 18.7 Å². The molecule has 3 aromatic carbocycles. The van der Waals surface area contributed by atoms with Crippen molar-refractivity contribution in [2.24, 2.45) is 5.14 Å². The molecule has 0 saturated heterocycles. The number of aryl methyl sites for hydroxylation is 2. The Morgan fingerprint density at radius 3 is 2.15 bits per heavy atom. The fraction of sp³-hybridized carbons (Fsp3) is 0.143. The number of hydrogen-bond donors (Lipinski definition) is 1. The predicted molar refractivity (Wildman–Crippen MR) is 104 cm³/mol. The Balaban J connectivity index is 2.03. The van der Waals surface area contributed by atoms with E-state index in [1.54, 1.807) is 18.2 Å². The van der Waals surface area contributed by atoms with Gasteiger partial charge in [0.2, 0.25) is 16.8 Å². The second-order valence-electron chi connectivity index (χ2n) is 6.59. The molecule has 3 aromatic rings. The molecule has 0 aliphatic carbocycles. The van der Waals surface area contributed by atoms with Crippen LogP contribution in [0.1, 0.15) is 11.1 Å². The fourth-order valence-electron chi connectivity index (χ4n) is 3.25. The lowest BCUT2D eigenvalue weighted by Crippen LogP contribution is -2.13. The molecule has 2 N–H and O–H groups in total. The molecule has 138 valence electrons. The van der Waals surface area contributed by atoms with E-state index in [0.29, 0.717) is 17.1 Å². The van der Waals surface area contributed by atoms with Crippen LogP contribution in [0.2, 0.25) is 0 Å². The van der Waals surface area contributed by atoms with Gasteiger partial charge in [-0.2, -0.15) is 0 Å². The number of rotatable bonds is 3. The minimum Gasteiger partial charge on any atom is -0.454 e. The van der Waals surface area contributed by atoms with Crippen LogP contribution >= 0.6 is 0 Å². The van der Waals surface area contributed by atoms with E-state index >= 15 is 0 Å². The normalized spacial score (nSPS) is 13.0. The van der Waals surface area contributed by atoms with Gasteiger partial charge in [0, 0.05) is 5.56 Å². The maximum atomic E-state index is 12.1. The summed E-state index contributed by atoms with van der Waals surface area (Å²) in [4.78, 5) is 0.0777. The summed E-state index contributed by atoms with van der Waals surface area (Å²) in [6.45, 7) is 4.24. The molecule has 0 radical (unpaired) electrons. The standard InChI is InChI=1S/C21H19NO4S/c1-13-7-8-15(9-14(13)2)17-10-19-20(26-12-25-19)11-18(17)16-5-3-4-6-21(16)27(22,23)24/h3-11H,12H2,1-2H3,(H2,22,23,24). The maximum absolute atomic E-state index is 12.1. The van der Waals surface area contributed by atoms with Gasteiger partial charge in [0.15, 0.2) is 11.5 Å². The summed E-state index contributed by atoms with van der Waals surface area (Å²) >= 11 is 0. The highest BCUT2D eigenvalue weighted by Gasteiger charge is 2.23. The monoisotopic (exact) mass is 381 g/mol. The Hall–Kier alpha value is -2.83. The van der Waals surface area contributed by atoms with Crippen molar-refractivity contribution in [2.75, 3.05) is 6.79 Å². The van der Waals surface area contributed by atoms with E-state index in [1.807, 2.05) is 31.2 Å². The van der Waals surface area contributed by atoms with Crippen LogP contribution in [0.3, 0.4) is 0 Å². The van der Waals surface area contributed by atoms with Gasteiger partial charge in [-0.3, -0.25) is 0 Å². The van der Waals surface area contributed by atoms with Gasteiger partial charge in [0.1, 0.15) is 0 Å². The topological polar surface area (TPSA) is 78.6 Å². The molecule has 0 atom stereocenters. The Labute approximate surface area is 158 Å². The molecule has 4 rings (SSSR count). The van der Waals surface area contributed by atoms with E-state index in [4.69, 9.17) is 14.6 Å². The number of benzene rings is 3. The molecule has 6 heteroatoms. The third-order valence-corrected chi connectivity index (χ3v) is 5.78. The maximum Gasteiger partial charge on any atom is 0.238 e. The van der Waals surface area contributed by atoms with Crippen LogP contribution in [0.25, 0.3) is 22.3 Å². The van der Waals surface area contributed by atoms with Gasteiger partial charge in [0.25, 0.3) is 0 Å². The highest BCUT2D eigenvalue weighted by molar-refractivity contribution is 7.89. The summed E-state index contributed by atoms with van der Waals surface area (Å²) in [5.41, 5.74) is 5.43. The predicted octanol–water partition coefficient (Wildman–Crippen LogP) is 4.01. The number of sulfonamides is 1. The van der Waals surface area contributed by atoms with E-state index in [2.05, 4.69) is 13.0 Å².